The van der Waals surface area contributed by atoms with E-state index < -0.39 is 0 Å². The van der Waals surface area contributed by atoms with Gasteiger partial charge in [0.25, 0.3) is 0 Å². The third-order valence-electron chi connectivity index (χ3n) is 6.15. The Balaban J connectivity index is 1.21. The van der Waals surface area contributed by atoms with Gasteiger partial charge in [-0.1, -0.05) is 30.3 Å². The number of hydrogen-bond acceptors (Lipinski definition) is 4. The molecule has 3 aromatic carbocycles. The molecule has 5 rings (SSSR count). The number of ether oxygens (including phenoxy) is 2. The number of anilines is 1. The molecule has 6 heteroatoms. The summed E-state index contributed by atoms with van der Waals surface area (Å²) < 4.78 is 10.7. The molecule has 30 heavy (non-hydrogen) atoms. The van der Waals surface area contributed by atoms with Crippen molar-refractivity contribution in [3.8, 4) is 17.2 Å². The Kier molecular flexibility index (Phi) is 4.93. The molecule has 0 saturated carbocycles. The van der Waals surface area contributed by atoms with Gasteiger partial charge in [-0.05, 0) is 29.0 Å². The van der Waals surface area contributed by atoms with Gasteiger partial charge >= 0.3 is 0 Å². The van der Waals surface area contributed by atoms with E-state index in [2.05, 4.69) is 17.4 Å². The molecule has 2 aliphatic heterocycles. The lowest BCUT2D eigenvalue weighted by atomic mass is 9.94. The number of benzene rings is 3. The van der Waals surface area contributed by atoms with Gasteiger partial charge in [0.2, 0.25) is 12.7 Å². The van der Waals surface area contributed by atoms with E-state index in [0.717, 1.165) is 54.5 Å². The molecule has 6 nitrogen and oxygen atoms in total. The lowest BCUT2D eigenvalue weighted by Gasteiger charge is -2.29. The molecule has 0 radical (unpaired) electrons. The molecule has 2 heterocycles. The normalized spacial score (nSPS) is 20.3. The molecule has 0 aliphatic carbocycles. The summed E-state index contributed by atoms with van der Waals surface area (Å²) in [6.45, 7) is 2.80. The largest absolute Gasteiger partial charge is 0.507 e. The number of piperidine rings is 1. The zero-order valence-electron chi connectivity index (χ0n) is 16.7. The summed E-state index contributed by atoms with van der Waals surface area (Å²) in [5.74, 6) is 1.79. The Hall–Kier alpha value is -3.25. The highest BCUT2D eigenvalue weighted by atomic mass is 16.7. The second kappa shape index (κ2) is 7.88. The first-order valence-corrected chi connectivity index (χ1v) is 10.4. The number of aromatic hydroxyl groups is 1. The zero-order chi connectivity index (χ0) is 20.5. The lowest BCUT2D eigenvalue weighted by molar-refractivity contribution is -0.919. The number of carbonyl (C=O) groups excluding carboxylic acids is 1. The molecular formula is C24H25N2O4+. The van der Waals surface area contributed by atoms with Crippen LogP contribution in [-0.2, 0) is 11.3 Å². The van der Waals surface area contributed by atoms with Crippen molar-refractivity contribution < 1.29 is 24.3 Å². The van der Waals surface area contributed by atoms with E-state index in [4.69, 9.17) is 9.47 Å². The first kappa shape index (κ1) is 18.8. The predicted octanol–water partition coefficient (Wildman–Crippen LogP) is 2.71. The van der Waals surface area contributed by atoms with Gasteiger partial charge in [-0.3, -0.25) is 4.79 Å². The number of quaternary nitrogens is 1. The highest BCUT2D eigenvalue weighted by Gasteiger charge is 2.28. The molecule has 2 aliphatic rings. The van der Waals surface area contributed by atoms with Crippen molar-refractivity contribution in [2.45, 2.75) is 19.4 Å². The number of rotatable bonds is 4. The summed E-state index contributed by atoms with van der Waals surface area (Å²) in [5.41, 5.74) is 1.73. The average Bonchev–Trinajstić information content (AvgIpc) is 3.24. The number of phenols is 1. The molecule has 0 bridgehead atoms. The van der Waals surface area contributed by atoms with Crippen LogP contribution in [-0.4, -0.2) is 30.9 Å². The van der Waals surface area contributed by atoms with Gasteiger partial charge in [0.15, 0.2) is 11.5 Å². The zero-order valence-corrected chi connectivity index (χ0v) is 16.7. The van der Waals surface area contributed by atoms with E-state index in [1.165, 1.54) is 4.90 Å². The number of carbonyl (C=O) groups is 1. The van der Waals surface area contributed by atoms with Gasteiger partial charge in [-0.15, -0.1) is 0 Å². The van der Waals surface area contributed by atoms with Crippen LogP contribution < -0.4 is 19.7 Å². The number of nitrogens with one attached hydrogen (secondary N) is 2. The molecular weight excluding hydrogens is 380 g/mol. The predicted molar refractivity (Wildman–Crippen MR) is 114 cm³/mol. The van der Waals surface area contributed by atoms with Crippen molar-refractivity contribution in [2.24, 2.45) is 5.92 Å². The second-order valence-corrected chi connectivity index (χ2v) is 8.04. The molecule has 0 atom stereocenters. The number of fused-ring (bicyclic) bond motifs is 2. The molecule has 0 spiro atoms. The summed E-state index contributed by atoms with van der Waals surface area (Å²) in [7, 11) is 0. The van der Waals surface area contributed by atoms with E-state index >= 15 is 0 Å². The smallest absolute Gasteiger partial charge is 0.231 e. The third-order valence-corrected chi connectivity index (χ3v) is 6.15. The minimum atomic E-state index is 0.000266. The van der Waals surface area contributed by atoms with E-state index in [1.54, 1.807) is 6.07 Å². The molecule has 1 saturated heterocycles. The van der Waals surface area contributed by atoms with Crippen molar-refractivity contribution in [2.75, 3.05) is 25.2 Å². The molecule has 3 aromatic rings. The van der Waals surface area contributed by atoms with Crippen LogP contribution in [0.3, 0.4) is 0 Å². The molecule has 0 unspecified atom stereocenters. The van der Waals surface area contributed by atoms with Crippen LogP contribution in [0.15, 0.2) is 54.6 Å². The first-order chi connectivity index (χ1) is 14.7. The van der Waals surface area contributed by atoms with Gasteiger partial charge in [0.1, 0.15) is 12.3 Å². The fourth-order valence-electron chi connectivity index (χ4n) is 4.44. The first-order valence-electron chi connectivity index (χ1n) is 10.4. The van der Waals surface area contributed by atoms with Crippen LogP contribution in [0.5, 0.6) is 17.2 Å². The maximum Gasteiger partial charge on any atom is 0.231 e. The fourth-order valence-corrected chi connectivity index (χ4v) is 4.44. The quantitative estimate of drug-likeness (QED) is 0.624. The monoisotopic (exact) mass is 405 g/mol. The summed E-state index contributed by atoms with van der Waals surface area (Å²) in [4.78, 5) is 14.1. The Morgan fingerprint density at radius 1 is 1.03 bits per heavy atom. The van der Waals surface area contributed by atoms with Crippen LogP contribution in [0, 0.1) is 5.92 Å². The SMILES string of the molecule is O=C(Nc1ccc2c(c1)OCO2)C1CC[NH+](Cc2c(O)ccc3ccccc23)CC1. The van der Waals surface area contributed by atoms with Crippen LogP contribution in [0.4, 0.5) is 5.69 Å². The molecule has 0 aromatic heterocycles. The van der Waals surface area contributed by atoms with E-state index in [0.29, 0.717) is 17.2 Å². The molecule has 154 valence electrons. The molecule has 3 N–H and O–H groups in total. The highest BCUT2D eigenvalue weighted by molar-refractivity contribution is 5.93. The van der Waals surface area contributed by atoms with Crippen molar-refractivity contribution in [3.05, 3.63) is 60.2 Å². The standard InChI is InChI=1S/C24H24N2O4/c27-21-7-5-16-3-1-2-4-19(16)20(21)14-26-11-9-17(10-12-26)24(28)25-18-6-8-22-23(13-18)30-15-29-22/h1-8,13,17,27H,9-12,14-15H2,(H,25,28)/p+1. The van der Waals surface area contributed by atoms with Gasteiger partial charge in [-0.2, -0.15) is 0 Å². The van der Waals surface area contributed by atoms with Crippen LogP contribution in [0.25, 0.3) is 10.8 Å². The summed E-state index contributed by atoms with van der Waals surface area (Å²) in [6.07, 6.45) is 1.66. The second-order valence-electron chi connectivity index (χ2n) is 8.04. The van der Waals surface area contributed by atoms with Gasteiger partial charge in [0.05, 0.1) is 18.7 Å². The van der Waals surface area contributed by atoms with Gasteiger partial charge in [-0.25, -0.2) is 0 Å². The summed E-state index contributed by atoms with van der Waals surface area (Å²) >= 11 is 0. The molecule has 1 amide bonds. The van der Waals surface area contributed by atoms with Crippen LogP contribution >= 0.6 is 0 Å². The van der Waals surface area contributed by atoms with E-state index in [-0.39, 0.29) is 18.6 Å². The van der Waals surface area contributed by atoms with Crippen molar-refractivity contribution in [1.29, 1.82) is 0 Å². The van der Waals surface area contributed by atoms with Gasteiger partial charge in [0, 0.05) is 30.5 Å². The Morgan fingerprint density at radius 2 is 1.83 bits per heavy atom. The third kappa shape index (κ3) is 3.66. The molecule has 1 fully saturated rings. The van der Waals surface area contributed by atoms with Crippen molar-refractivity contribution in [1.82, 2.24) is 0 Å². The lowest BCUT2D eigenvalue weighted by Crippen LogP contribution is -3.11. The van der Waals surface area contributed by atoms with Crippen LogP contribution in [0.2, 0.25) is 0 Å². The Bertz CT molecular complexity index is 1090. The average molecular weight is 405 g/mol. The minimum absolute atomic E-state index is 0.000266. The van der Waals surface area contributed by atoms with Gasteiger partial charge < -0.3 is 24.8 Å². The maximum absolute atomic E-state index is 12.7. The van der Waals surface area contributed by atoms with Crippen molar-refractivity contribution in [3.63, 3.8) is 0 Å². The highest BCUT2D eigenvalue weighted by Crippen LogP contribution is 2.34. The number of hydrogen-bond donors (Lipinski definition) is 3. The summed E-state index contributed by atoms with van der Waals surface area (Å²) in [5, 5.41) is 15.7. The van der Waals surface area contributed by atoms with E-state index in [9.17, 15) is 9.90 Å². The fraction of sp³-hybridized carbons (Fsp3) is 0.292. The van der Waals surface area contributed by atoms with E-state index in [1.807, 2.05) is 36.4 Å². The Labute approximate surface area is 175 Å². The van der Waals surface area contributed by atoms with Crippen LogP contribution in [0.1, 0.15) is 18.4 Å². The topological polar surface area (TPSA) is 72.2 Å². The summed E-state index contributed by atoms with van der Waals surface area (Å²) in [6, 6.07) is 17.4. The number of phenolic OH excluding ortho intramolecular Hbond substituents is 1. The van der Waals surface area contributed by atoms with Crippen molar-refractivity contribution >= 4 is 22.4 Å². The number of amides is 1. The Morgan fingerprint density at radius 3 is 2.70 bits per heavy atom. The minimum Gasteiger partial charge on any atom is -0.507 e. The number of likely N-dealkylation sites (tertiary alicyclic amines) is 1. The maximum atomic E-state index is 12.7.